The fraction of sp³-hybridized carbons (Fsp3) is 0.0385. The second-order valence-electron chi connectivity index (χ2n) is 7.08. The average Bonchev–Trinajstić information content (AvgIpc) is 2.80. The molecule has 5 nitrogen and oxygen atoms in total. The van der Waals surface area contributed by atoms with Crippen LogP contribution in [0.3, 0.4) is 0 Å². The summed E-state index contributed by atoms with van der Waals surface area (Å²) in [5.41, 5.74) is 4.30. The van der Waals surface area contributed by atoms with Gasteiger partial charge in [-0.3, -0.25) is 4.79 Å². The number of amides is 1. The number of esters is 1. The summed E-state index contributed by atoms with van der Waals surface area (Å²) in [4.78, 5) is 24.3. The zero-order chi connectivity index (χ0) is 22.3. The van der Waals surface area contributed by atoms with E-state index in [4.69, 9.17) is 4.74 Å². The molecule has 0 aliphatic heterocycles. The molecule has 1 N–H and O–H groups in total. The molecule has 0 bridgehead atoms. The number of carbonyl (C=O) groups excluding carboxylic acids is 2. The van der Waals surface area contributed by atoms with Crippen molar-refractivity contribution in [3.05, 3.63) is 114 Å². The molecular formula is C26H19FN2O3. The Morgan fingerprint density at radius 1 is 0.906 bits per heavy atom. The predicted molar refractivity (Wildman–Crippen MR) is 121 cm³/mol. The van der Waals surface area contributed by atoms with E-state index in [1.165, 1.54) is 24.4 Å². The van der Waals surface area contributed by atoms with Crippen LogP contribution < -0.4 is 10.2 Å². The van der Waals surface area contributed by atoms with Gasteiger partial charge in [0.25, 0.3) is 0 Å². The quantitative estimate of drug-likeness (QED) is 0.207. The van der Waals surface area contributed by atoms with Gasteiger partial charge in [-0.2, -0.15) is 5.10 Å². The Morgan fingerprint density at radius 3 is 2.47 bits per heavy atom. The summed E-state index contributed by atoms with van der Waals surface area (Å²) < 4.78 is 18.5. The van der Waals surface area contributed by atoms with Gasteiger partial charge in [0.1, 0.15) is 11.6 Å². The van der Waals surface area contributed by atoms with Gasteiger partial charge in [0.15, 0.2) is 0 Å². The highest BCUT2D eigenvalue weighted by Crippen LogP contribution is 2.19. The summed E-state index contributed by atoms with van der Waals surface area (Å²) in [6.45, 7) is 0. The highest BCUT2D eigenvalue weighted by molar-refractivity contribution is 5.92. The fourth-order valence-electron chi connectivity index (χ4n) is 3.24. The Bertz CT molecular complexity index is 1290. The molecule has 0 saturated carbocycles. The van der Waals surface area contributed by atoms with E-state index in [-0.39, 0.29) is 17.9 Å². The van der Waals surface area contributed by atoms with Crippen LogP contribution in [0.15, 0.2) is 96.1 Å². The number of carbonyl (C=O) groups is 2. The summed E-state index contributed by atoms with van der Waals surface area (Å²) in [5, 5.41) is 6.11. The van der Waals surface area contributed by atoms with Crippen LogP contribution in [0.4, 0.5) is 4.39 Å². The summed E-state index contributed by atoms with van der Waals surface area (Å²) in [5.74, 6) is -1.06. The van der Waals surface area contributed by atoms with Gasteiger partial charge >= 0.3 is 5.97 Å². The van der Waals surface area contributed by atoms with Crippen molar-refractivity contribution < 1.29 is 18.7 Å². The number of fused-ring (bicyclic) bond motifs is 1. The lowest BCUT2D eigenvalue weighted by atomic mass is 10.0. The summed E-state index contributed by atoms with van der Waals surface area (Å²) in [7, 11) is 0. The zero-order valence-corrected chi connectivity index (χ0v) is 17.0. The normalized spacial score (nSPS) is 10.9. The molecule has 0 radical (unpaired) electrons. The van der Waals surface area contributed by atoms with Gasteiger partial charge in [-0.05, 0) is 64.4 Å². The number of nitrogens with zero attached hydrogens (tertiary/aromatic N) is 1. The molecule has 0 unspecified atom stereocenters. The lowest BCUT2D eigenvalue weighted by Gasteiger charge is -2.06. The van der Waals surface area contributed by atoms with E-state index in [1.54, 1.807) is 24.3 Å². The number of nitrogens with one attached hydrogen (secondary N) is 1. The maximum atomic E-state index is 13.2. The van der Waals surface area contributed by atoms with Crippen LogP contribution in [0.25, 0.3) is 10.8 Å². The van der Waals surface area contributed by atoms with Gasteiger partial charge in [0.05, 0.1) is 18.2 Å². The van der Waals surface area contributed by atoms with Gasteiger partial charge in [-0.15, -0.1) is 0 Å². The van der Waals surface area contributed by atoms with Crippen LogP contribution in [0.1, 0.15) is 21.5 Å². The summed E-state index contributed by atoms with van der Waals surface area (Å²) in [6.07, 6.45) is 1.72. The van der Waals surface area contributed by atoms with Crippen molar-refractivity contribution in [1.82, 2.24) is 5.43 Å². The Hall–Kier alpha value is -4.32. The second kappa shape index (κ2) is 9.66. The number of halogens is 1. The molecule has 0 spiro atoms. The van der Waals surface area contributed by atoms with Gasteiger partial charge in [0.2, 0.25) is 5.91 Å². The molecule has 0 heterocycles. The first-order valence-electron chi connectivity index (χ1n) is 9.95. The minimum absolute atomic E-state index is 0.129. The Labute approximate surface area is 184 Å². The van der Waals surface area contributed by atoms with E-state index in [0.717, 1.165) is 22.4 Å². The van der Waals surface area contributed by atoms with Crippen LogP contribution >= 0.6 is 0 Å². The molecule has 1 amide bonds. The van der Waals surface area contributed by atoms with Gasteiger partial charge < -0.3 is 4.74 Å². The standard InChI is InChI=1S/C26H19FN2O3/c27-22-9-4-8-21(15-22)26(31)32-23-13-11-18(12-14-23)17-28-29-25(30)16-20-7-3-6-19-5-1-2-10-24(19)20/h1-15,17H,16H2,(H,29,30)/b28-17-. The maximum Gasteiger partial charge on any atom is 0.343 e. The molecule has 0 fully saturated rings. The van der Waals surface area contributed by atoms with Crippen molar-refractivity contribution in [3.8, 4) is 5.75 Å². The van der Waals surface area contributed by atoms with E-state index >= 15 is 0 Å². The topological polar surface area (TPSA) is 67.8 Å². The Morgan fingerprint density at radius 2 is 1.66 bits per heavy atom. The number of ether oxygens (including phenoxy) is 1. The van der Waals surface area contributed by atoms with Crippen LogP contribution in [0.2, 0.25) is 0 Å². The van der Waals surface area contributed by atoms with Crippen LogP contribution in [0.5, 0.6) is 5.75 Å². The highest BCUT2D eigenvalue weighted by atomic mass is 19.1. The Balaban J connectivity index is 1.32. The number of hydrogen-bond donors (Lipinski definition) is 1. The van der Waals surface area contributed by atoms with E-state index < -0.39 is 11.8 Å². The third-order valence-corrected chi connectivity index (χ3v) is 4.78. The molecule has 6 heteroatoms. The van der Waals surface area contributed by atoms with E-state index in [9.17, 15) is 14.0 Å². The molecule has 0 aliphatic carbocycles. The molecule has 0 aliphatic rings. The molecule has 0 atom stereocenters. The molecule has 158 valence electrons. The molecule has 0 saturated heterocycles. The van der Waals surface area contributed by atoms with E-state index in [2.05, 4.69) is 10.5 Å². The Kier molecular flexibility index (Phi) is 6.32. The highest BCUT2D eigenvalue weighted by Gasteiger charge is 2.09. The molecule has 4 aromatic carbocycles. The second-order valence-corrected chi connectivity index (χ2v) is 7.08. The van der Waals surface area contributed by atoms with Crippen molar-refractivity contribution in [1.29, 1.82) is 0 Å². The molecule has 4 aromatic rings. The number of rotatable bonds is 6. The maximum absolute atomic E-state index is 13.2. The molecular weight excluding hydrogens is 407 g/mol. The zero-order valence-electron chi connectivity index (χ0n) is 17.0. The van der Waals surface area contributed by atoms with Crippen molar-refractivity contribution in [2.75, 3.05) is 0 Å². The molecule has 32 heavy (non-hydrogen) atoms. The smallest absolute Gasteiger partial charge is 0.343 e. The third-order valence-electron chi connectivity index (χ3n) is 4.78. The minimum Gasteiger partial charge on any atom is -0.423 e. The number of benzene rings is 4. The van der Waals surface area contributed by atoms with Crippen LogP contribution in [0, 0.1) is 5.82 Å². The van der Waals surface area contributed by atoms with Crippen molar-refractivity contribution >= 4 is 28.9 Å². The lowest BCUT2D eigenvalue weighted by Crippen LogP contribution is -2.19. The summed E-state index contributed by atoms with van der Waals surface area (Å²) in [6, 6.07) is 25.6. The molecule has 4 rings (SSSR count). The monoisotopic (exact) mass is 426 g/mol. The van der Waals surface area contributed by atoms with Gasteiger partial charge in [0, 0.05) is 0 Å². The first-order valence-corrected chi connectivity index (χ1v) is 9.95. The molecule has 0 aromatic heterocycles. The van der Waals surface area contributed by atoms with Crippen molar-refractivity contribution in [2.24, 2.45) is 5.10 Å². The largest absolute Gasteiger partial charge is 0.423 e. The first kappa shape index (κ1) is 20.9. The van der Waals surface area contributed by atoms with Crippen molar-refractivity contribution in [3.63, 3.8) is 0 Å². The average molecular weight is 426 g/mol. The minimum atomic E-state index is -0.647. The first-order chi connectivity index (χ1) is 15.6. The lowest BCUT2D eigenvalue weighted by molar-refractivity contribution is -0.120. The summed E-state index contributed by atoms with van der Waals surface area (Å²) >= 11 is 0. The SMILES string of the molecule is O=C(Cc1cccc2ccccc12)N/N=C\c1ccc(OC(=O)c2cccc(F)c2)cc1. The van der Waals surface area contributed by atoms with Gasteiger partial charge in [-0.25, -0.2) is 14.6 Å². The van der Waals surface area contributed by atoms with Crippen molar-refractivity contribution in [2.45, 2.75) is 6.42 Å². The van der Waals surface area contributed by atoms with Gasteiger partial charge in [-0.1, -0.05) is 48.5 Å². The van der Waals surface area contributed by atoms with Crippen LogP contribution in [-0.4, -0.2) is 18.1 Å². The third kappa shape index (κ3) is 5.23. The predicted octanol–water partition coefficient (Wildman–Crippen LogP) is 4.89. The fourth-order valence-corrected chi connectivity index (χ4v) is 3.24. The number of hydrogen-bond acceptors (Lipinski definition) is 4. The van der Waals surface area contributed by atoms with E-state index in [0.29, 0.717) is 11.3 Å². The number of hydrazone groups is 1. The van der Waals surface area contributed by atoms with Crippen LogP contribution in [-0.2, 0) is 11.2 Å². The van der Waals surface area contributed by atoms with E-state index in [1.807, 2.05) is 42.5 Å².